The van der Waals surface area contributed by atoms with Gasteiger partial charge in [0.05, 0.1) is 6.20 Å². The average molecular weight is 316 g/mol. The van der Waals surface area contributed by atoms with E-state index in [1.807, 2.05) is 6.20 Å². The van der Waals surface area contributed by atoms with Crippen molar-refractivity contribution in [3.05, 3.63) is 18.6 Å². The Balaban J connectivity index is 1.69. The van der Waals surface area contributed by atoms with Gasteiger partial charge in [-0.2, -0.15) is 0 Å². The van der Waals surface area contributed by atoms with Gasteiger partial charge in [0.2, 0.25) is 5.91 Å². The summed E-state index contributed by atoms with van der Waals surface area (Å²) in [5, 5.41) is 0. The zero-order valence-electron chi connectivity index (χ0n) is 14.4. The molecule has 0 saturated carbocycles. The molecule has 1 aromatic rings. The molecule has 2 fully saturated rings. The predicted octanol–water partition coefficient (Wildman–Crippen LogP) is 2.73. The molecule has 1 aromatic heterocycles. The first-order valence-corrected chi connectivity index (χ1v) is 8.87. The van der Waals surface area contributed by atoms with Crippen LogP contribution in [0.2, 0.25) is 0 Å². The molecule has 5 heteroatoms. The maximum Gasteiger partial charge on any atom is 0.222 e. The van der Waals surface area contributed by atoms with Crippen LogP contribution in [0.3, 0.4) is 0 Å². The maximum absolute atomic E-state index is 12.3. The quantitative estimate of drug-likeness (QED) is 0.857. The van der Waals surface area contributed by atoms with E-state index in [-0.39, 0.29) is 5.41 Å². The first-order chi connectivity index (χ1) is 11.1. The SMILES string of the molecule is CC(C)CCN1C[C@@]2(CCCN(c3cnccn3)C2)CCC1=O. The fourth-order valence-corrected chi connectivity index (χ4v) is 3.91. The molecule has 23 heavy (non-hydrogen) atoms. The average Bonchev–Trinajstić information content (AvgIpc) is 2.57. The zero-order valence-corrected chi connectivity index (χ0v) is 14.4. The largest absolute Gasteiger partial charge is 0.355 e. The van der Waals surface area contributed by atoms with Gasteiger partial charge in [0.15, 0.2) is 0 Å². The van der Waals surface area contributed by atoms with Gasteiger partial charge < -0.3 is 9.80 Å². The van der Waals surface area contributed by atoms with Crippen molar-refractivity contribution in [1.29, 1.82) is 0 Å². The Labute approximate surface area is 139 Å². The van der Waals surface area contributed by atoms with Gasteiger partial charge in [-0.15, -0.1) is 0 Å². The van der Waals surface area contributed by atoms with Gasteiger partial charge in [-0.1, -0.05) is 13.8 Å². The highest BCUT2D eigenvalue weighted by Gasteiger charge is 2.41. The van der Waals surface area contributed by atoms with Gasteiger partial charge in [0.1, 0.15) is 5.82 Å². The Bertz CT molecular complexity index is 533. The second-order valence-electron chi connectivity index (χ2n) is 7.59. The Morgan fingerprint density at radius 3 is 2.87 bits per heavy atom. The molecule has 0 N–H and O–H groups in total. The fraction of sp³-hybridized carbons (Fsp3) is 0.722. The van der Waals surface area contributed by atoms with E-state index in [0.717, 1.165) is 44.8 Å². The first kappa shape index (κ1) is 16.2. The Morgan fingerprint density at radius 1 is 1.26 bits per heavy atom. The Hall–Kier alpha value is -1.65. The van der Waals surface area contributed by atoms with E-state index < -0.39 is 0 Å². The molecular weight excluding hydrogens is 288 g/mol. The minimum Gasteiger partial charge on any atom is -0.355 e. The van der Waals surface area contributed by atoms with Crippen LogP contribution in [0, 0.1) is 11.3 Å². The lowest BCUT2D eigenvalue weighted by Gasteiger charge is -2.48. The van der Waals surface area contributed by atoms with Crippen molar-refractivity contribution >= 4 is 11.7 Å². The summed E-state index contributed by atoms with van der Waals surface area (Å²) in [6.45, 7) is 8.30. The van der Waals surface area contributed by atoms with Crippen molar-refractivity contribution in [3.63, 3.8) is 0 Å². The van der Waals surface area contributed by atoms with Gasteiger partial charge in [0, 0.05) is 50.4 Å². The van der Waals surface area contributed by atoms with E-state index in [1.165, 1.54) is 12.8 Å². The number of carbonyl (C=O) groups is 1. The molecule has 2 saturated heterocycles. The van der Waals surface area contributed by atoms with Gasteiger partial charge in [-0.3, -0.25) is 9.78 Å². The number of carbonyl (C=O) groups excluding carboxylic acids is 1. The molecule has 0 radical (unpaired) electrons. The summed E-state index contributed by atoms with van der Waals surface area (Å²) in [4.78, 5) is 25.4. The second-order valence-corrected chi connectivity index (χ2v) is 7.59. The van der Waals surface area contributed by atoms with Crippen molar-refractivity contribution in [3.8, 4) is 0 Å². The normalized spacial score (nSPS) is 25.4. The minimum atomic E-state index is 0.237. The van der Waals surface area contributed by atoms with Crippen LogP contribution in [0.5, 0.6) is 0 Å². The molecule has 0 aromatic carbocycles. The number of hydrogen-bond donors (Lipinski definition) is 0. The van der Waals surface area contributed by atoms with Gasteiger partial charge in [-0.05, 0) is 31.6 Å². The van der Waals surface area contributed by atoms with E-state index in [9.17, 15) is 4.79 Å². The number of amides is 1. The number of aromatic nitrogens is 2. The molecule has 1 atom stereocenters. The van der Waals surface area contributed by atoms with E-state index in [4.69, 9.17) is 0 Å². The summed E-state index contributed by atoms with van der Waals surface area (Å²) in [5.74, 6) is 1.95. The van der Waals surface area contributed by atoms with Crippen molar-refractivity contribution in [2.45, 2.75) is 46.0 Å². The lowest BCUT2D eigenvalue weighted by atomic mass is 9.73. The number of rotatable bonds is 4. The second kappa shape index (κ2) is 6.85. The lowest BCUT2D eigenvalue weighted by molar-refractivity contribution is -0.138. The van der Waals surface area contributed by atoms with E-state index in [0.29, 0.717) is 18.2 Å². The molecule has 5 nitrogen and oxygen atoms in total. The van der Waals surface area contributed by atoms with Crippen molar-refractivity contribution in [2.75, 3.05) is 31.1 Å². The zero-order chi connectivity index (χ0) is 16.3. The summed E-state index contributed by atoms with van der Waals surface area (Å²) < 4.78 is 0. The molecule has 0 bridgehead atoms. The molecule has 2 aliphatic rings. The van der Waals surface area contributed by atoms with Gasteiger partial charge in [0.25, 0.3) is 0 Å². The highest BCUT2D eigenvalue weighted by molar-refractivity contribution is 5.77. The summed E-state index contributed by atoms with van der Waals surface area (Å²) in [6, 6.07) is 0. The molecule has 126 valence electrons. The molecule has 2 aliphatic heterocycles. The third-order valence-electron chi connectivity index (χ3n) is 5.26. The lowest BCUT2D eigenvalue weighted by Crippen LogP contribution is -2.54. The summed E-state index contributed by atoms with van der Waals surface area (Å²) in [7, 11) is 0. The van der Waals surface area contributed by atoms with E-state index >= 15 is 0 Å². The highest BCUT2D eigenvalue weighted by atomic mass is 16.2. The minimum absolute atomic E-state index is 0.237. The number of anilines is 1. The maximum atomic E-state index is 12.3. The van der Waals surface area contributed by atoms with E-state index in [1.54, 1.807) is 12.4 Å². The number of nitrogens with zero attached hydrogens (tertiary/aromatic N) is 4. The Morgan fingerprint density at radius 2 is 2.13 bits per heavy atom. The summed E-state index contributed by atoms with van der Waals surface area (Å²) in [6.07, 6.45) is 10.5. The molecule has 3 rings (SSSR count). The highest BCUT2D eigenvalue weighted by Crippen LogP contribution is 2.39. The van der Waals surface area contributed by atoms with Crippen LogP contribution in [0.25, 0.3) is 0 Å². The standard InChI is InChI=1S/C18H28N4O/c1-15(2)5-11-22-14-18(7-4-17(22)23)6-3-10-21(13-18)16-12-19-8-9-20-16/h8-9,12,15H,3-7,10-11,13-14H2,1-2H3/t18-/m0/s1. The topological polar surface area (TPSA) is 49.3 Å². The van der Waals surface area contributed by atoms with Crippen LogP contribution in [0.15, 0.2) is 18.6 Å². The Kier molecular flexibility index (Phi) is 4.83. The van der Waals surface area contributed by atoms with Crippen LogP contribution < -0.4 is 4.90 Å². The first-order valence-electron chi connectivity index (χ1n) is 8.87. The van der Waals surface area contributed by atoms with Crippen molar-refractivity contribution in [2.24, 2.45) is 11.3 Å². The molecule has 1 spiro atoms. The van der Waals surface area contributed by atoms with Crippen LogP contribution in [-0.4, -0.2) is 47.0 Å². The number of hydrogen-bond acceptors (Lipinski definition) is 4. The predicted molar refractivity (Wildman–Crippen MR) is 91.2 cm³/mol. The van der Waals surface area contributed by atoms with Crippen LogP contribution in [0.1, 0.15) is 46.0 Å². The molecular formula is C18H28N4O. The summed E-state index contributed by atoms with van der Waals surface area (Å²) >= 11 is 0. The third-order valence-corrected chi connectivity index (χ3v) is 5.26. The number of likely N-dealkylation sites (tertiary alicyclic amines) is 1. The molecule has 3 heterocycles. The van der Waals surface area contributed by atoms with Crippen molar-refractivity contribution < 1.29 is 4.79 Å². The molecule has 1 amide bonds. The van der Waals surface area contributed by atoms with Gasteiger partial charge in [-0.25, -0.2) is 4.98 Å². The monoisotopic (exact) mass is 316 g/mol. The van der Waals surface area contributed by atoms with Crippen molar-refractivity contribution in [1.82, 2.24) is 14.9 Å². The molecule has 0 aliphatic carbocycles. The van der Waals surface area contributed by atoms with Gasteiger partial charge >= 0.3 is 0 Å². The van der Waals surface area contributed by atoms with Crippen LogP contribution in [-0.2, 0) is 4.79 Å². The van der Waals surface area contributed by atoms with Crippen LogP contribution in [0.4, 0.5) is 5.82 Å². The smallest absolute Gasteiger partial charge is 0.222 e. The summed E-state index contributed by atoms with van der Waals surface area (Å²) in [5.41, 5.74) is 0.237. The third kappa shape index (κ3) is 3.82. The molecule has 0 unspecified atom stereocenters. The van der Waals surface area contributed by atoms with E-state index in [2.05, 4.69) is 33.6 Å². The fourth-order valence-electron chi connectivity index (χ4n) is 3.91. The number of piperidine rings is 2. The van der Waals surface area contributed by atoms with Crippen LogP contribution >= 0.6 is 0 Å².